The molecule has 0 aliphatic rings. The van der Waals surface area contributed by atoms with Crippen LogP contribution in [0.25, 0.3) is 0 Å². The molecule has 0 fully saturated rings. The fourth-order valence-corrected chi connectivity index (χ4v) is 0.159. The van der Waals surface area contributed by atoms with Gasteiger partial charge in [-0.05, 0) is 6.92 Å². The summed E-state index contributed by atoms with van der Waals surface area (Å²) >= 11 is 0. The van der Waals surface area contributed by atoms with Crippen molar-refractivity contribution >= 4 is 5.97 Å². The normalized spacial score (nSPS) is 7.12. The third-order valence-electron chi connectivity index (χ3n) is 0.602. The number of aliphatic carboxylic acids is 1. The topological polar surface area (TPSA) is 57.5 Å². The van der Waals surface area contributed by atoms with Crippen molar-refractivity contribution in [2.45, 2.75) is 6.92 Å². The van der Waals surface area contributed by atoms with Gasteiger partial charge in [0.25, 0.3) is 0 Å². The highest BCUT2D eigenvalue weighted by Crippen LogP contribution is 1.85. The number of aliphatic hydroxyl groups is 1. The van der Waals surface area contributed by atoms with E-state index >= 15 is 0 Å². The first-order chi connectivity index (χ1) is 3.68. The summed E-state index contributed by atoms with van der Waals surface area (Å²) in [7, 11) is 0. The van der Waals surface area contributed by atoms with Gasteiger partial charge < -0.3 is 10.2 Å². The minimum absolute atomic E-state index is 0.00694. The van der Waals surface area contributed by atoms with Crippen LogP contribution in [0.1, 0.15) is 6.92 Å². The predicted octanol–water partition coefficient (Wildman–Crippen LogP) is 0.688. The Morgan fingerprint density at radius 2 is 2.25 bits per heavy atom. The average Bonchev–Trinajstić information content (AvgIpc) is 1.67. The second kappa shape index (κ2) is 2.88. The van der Waals surface area contributed by atoms with Crippen LogP contribution >= 0.6 is 0 Å². The molecular formula is C5H6O3. The van der Waals surface area contributed by atoms with Gasteiger partial charge in [-0.1, -0.05) is 5.73 Å². The number of rotatable bonds is 1. The summed E-state index contributed by atoms with van der Waals surface area (Å²) < 4.78 is 0. The molecular weight excluding hydrogens is 108 g/mol. The van der Waals surface area contributed by atoms with E-state index in [1.54, 1.807) is 0 Å². The Balaban J connectivity index is 4.24. The van der Waals surface area contributed by atoms with Crippen LogP contribution in [-0.4, -0.2) is 16.2 Å². The summed E-state index contributed by atoms with van der Waals surface area (Å²) in [5.74, 6) is -1.07. The molecule has 0 spiro atoms. The van der Waals surface area contributed by atoms with E-state index < -0.39 is 5.97 Å². The van der Waals surface area contributed by atoms with Crippen LogP contribution in [0.3, 0.4) is 0 Å². The van der Waals surface area contributed by atoms with E-state index in [1.165, 1.54) is 6.92 Å². The molecule has 0 aliphatic carbocycles. The van der Waals surface area contributed by atoms with Gasteiger partial charge >= 0.3 is 5.97 Å². The fraction of sp³-hybridized carbons (Fsp3) is 0.200. The lowest BCUT2D eigenvalue weighted by molar-refractivity contribution is -0.132. The van der Waals surface area contributed by atoms with Gasteiger partial charge in [0.15, 0.2) is 0 Å². The zero-order valence-corrected chi connectivity index (χ0v) is 4.38. The van der Waals surface area contributed by atoms with E-state index in [0.29, 0.717) is 6.26 Å². The van der Waals surface area contributed by atoms with Crippen LogP contribution < -0.4 is 0 Å². The number of hydrogen-bond donors (Lipinski definition) is 2. The Bertz CT molecular complexity index is 151. The Morgan fingerprint density at radius 3 is 2.38 bits per heavy atom. The van der Waals surface area contributed by atoms with E-state index in [-0.39, 0.29) is 5.57 Å². The quantitative estimate of drug-likeness (QED) is 0.299. The maximum atomic E-state index is 9.86. The summed E-state index contributed by atoms with van der Waals surface area (Å²) in [6.45, 7) is 1.34. The molecule has 0 rings (SSSR count). The molecule has 44 valence electrons. The monoisotopic (exact) mass is 114 g/mol. The van der Waals surface area contributed by atoms with Crippen molar-refractivity contribution in [1.82, 2.24) is 0 Å². The second-order valence-electron chi connectivity index (χ2n) is 1.20. The van der Waals surface area contributed by atoms with Crippen LogP contribution in [0.4, 0.5) is 0 Å². The molecule has 0 unspecified atom stereocenters. The fourth-order valence-electron chi connectivity index (χ4n) is 0.159. The zero-order valence-electron chi connectivity index (χ0n) is 4.38. The largest absolute Gasteiger partial charge is 0.507 e. The van der Waals surface area contributed by atoms with E-state index in [4.69, 9.17) is 10.2 Å². The highest BCUT2D eigenvalue weighted by Gasteiger charge is 1.94. The highest BCUT2D eigenvalue weighted by atomic mass is 16.4. The first kappa shape index (κ1) is 6.79. The molecule has 0 heterocycles. The molecule has 3 nitrogen and oxygen atoms in total. The number of carboxylic acids is 1. The van der Waals surface area contributed by atoms with Crippen molar-refractivity contribution in [3.8, 4) is 0 Å². The third kappa shape index (κ3) is 2.05. The van der Waals surface area contributed by atoms with Crippen LogP contribution in [0.5, 0.6) is 0 Å². The summed E-state index contributed by atoms with van der Waals surface area (Å²) in [5.41, 5.74) is 2.09. The van der Waals surface area contributed by atoms with Crippen LogP contribution in [-0.2, 0) is 4.79 Å². The van der Waals surface area contributed by atoms with Gasteiger partial charge in [-0.25, -0.2) is 4.79 Å². The molecule has 0 aromatic rings. The minimum atomic E-state index is -1.07. The van der Waals surface area contributed by atoms with Gasteiger partial charge in [0.2, 0.25) is 0 Å². The number of carboxylic acid groups (broad SMARTS) is 1. The van der Waals surface area contributed by atoms with Gasteiger partial charge in [-0.2, -0.15) is 0 Å². The standard InChI is InChI=1S/C5H6O3/c1-4(2-3-6)5(7)8/h3,6H,1H3,(H,7,8). The lowest BCUT2D eigenvalue weighted by Gasteiger charge is -1.80. The van der Waals surface area contributed by atoms with Crippen molar-refractivity contribution in [3.05, 3.63) is 17.6 Å². The molecule has 3 heteroatoms. The number of carbonyl (C=O) groups is 1. The van der Waals surface area contributed by atoms with Gasteiger partial charge in [0.05, 0.1) is 5.57 Å². The van der Waals surface area contributed by atoms with E-state index in [1.807, 2.05) is 0 Å². The van der Waals surface area contributed by atoms with Crippen molar-refractivity contribution in [3.63, 3.8) is 0 Å². The van der Waals surface area contributed by atoms with Crippen molar-refractivity contribution in [1.29, 1.82) is 0 Å². The maximum Gasteiger partial charge on any atom is 0.339 e. The second-order valence-corrected chi connectivity index (χ2v) is 1.20. The molecule has 2 N–H and O–H groups in total. The lowest BCUT2D eigenvalue weighted by Crippen LogP contribution is -1.93. The molecule has 0 amide bonds. The molecule has 0 saturated heterocycles. The molecule has 0 atom stereocenters. The van der Waals surface area contributed by atoms with Gasteiger partial charge in [-0.3, -0.25) is 0 Å². The maximum absolute atomic E-state index is 9.86. The Labute approximate surface area is 46.6 Å². The van der Waals surface area contributed by atoms with Crippen LogP contribution in [0.2, 0.25) is 0 Å². The minimum Gasteiger partial charge on any atom is -0.507 e. The Kier molecular flexibility index (Phi) is 2.45. The lowest BCUT2D eigenvalue weighted by atomic mass is 10.3. The zero-order chi connectivity index (χ0) is 6.57. The smallest absolute Gasteiger partial charge is 0.339 e. The molecule has 0 radical (unpaired) electrons. The van der Waals surface area contributed by atoms with Crippen molar-refractivity contribution < 1.29 is 15.0 Å². The molecule has 0 aromatic carbocycles. The van der Waals surface area contributed by atoms with Gasteiger partial charge in [-0.15, -0.1) is 0 Å². The first-order valence-corrected chi connectivity index (χ1v) is 1.97. The molecule has 8 heavy (non-hydrogen) atoms. The molecule has 0 bridgehead atoms. The van der Waals surface area contributed by atoms with Crippen LogP contribution in [0.15, 0.2) is 17.6 Å². The number of aliphatic hydroxyl groups excluding tert-OH is 1. The predicted molar refractivity (Wildman–Crippen MR) is 27.5 cm³/mol. The Hall–Kier alpha value is -1.21. The molecule has 0 aliphatic heterocycles. The van der Waals surface area contributed by atoms with Gasteiger partial charge in [0.1, 0.15) is 6.26 Å². The number of hydrogen-bond acceptors (Lipinski definition) is 2. The Morgan fingerprint density at radius 1 is 1.75 bits per heavy atom. The highest BCUT2D eigenvalue weighted by molar-refractivity contribution is 5.85. The summed E-state index contributed by atoms with van der Waals surface area (Å²) in [6.07, 6.45) is 0.573. The summed E-state index contributed by atoms with van der Waals surface area (Å²) in [4.78, 5) is 9.86. The molecule has 0 aromatic heterocycles. The van der Waals surface area contributed by atoms with E-state index in [2.05, 4.69) is 5.73 Å². The summed E-state index contributed by atoms with van der Waals surface area (Å²) in [5, 5.41) is 16.0. The van der Waals surface area contributed by atoms with E-state index in [0.717, 1.165) is 0 Å². The van der Waals surface area contributed by atoms with Crippen molar-refractivity contribution in [2.24, 2.45) is 0 Å². The molecule has 0 saturated carbocycles. The van der Waals surface area contributed by atoms with Crippen molar-refractivity contribution in [2.75, 3.05) is 0 Å². The first-order valence-electron chi connectivity index (χ1n) is 1.97. The SMILES string of the molecule is CC(=C=CO)C(=O)O. The van der Waals surface area contributed by atoms with E-state index in [9.17, 15) is 4.79 Å². The average molecular weight is 114 g/mol. The van der Waals surface area contributed by atoms with Crippen LogP contribution in [0, 0.1) is 0 Å². The third-order valence-corrected chi connectivity index (χ3v) is 0.602. The summed E-state index contributed by atoms with van der Waals surface area (Å²) in [6, 6.07) is 0. The van der Waals surface area contributed by atoms with Gasteiger partial charge in [0, 0.05) is 0 Å².